The van der Waals surface area contributed by atoms with Gasteiger partial charge in [0.1, 0.15) is 10.7 Å². The first-order valence-corrected chi connectivity index (χ1v) is 7.91. The molecule has 4 nitrogen and oxygen atoms in total. The summed E-state index contributed by atoms with van der Waals surface area (Å²) in [5, 5.41) is 14.3. The Morgan fingerprint density at radius 3 is 2.70 bits per heavy atom. The summed E-state index contributed by atoms with van der Waals surface area (Å²) in [5.74, 6) is 0. The smallest absolute Gasteiger partial charge is 0.138 e. The van der Waals surface area contributed by atoms with Crippen molar-refractivity contribution in [2.24, 2.45) is 0 Å². The third-order valence-corrected chi connectivity index (χ3v) is 4.56. The molecule has 0 aromatic carbocycles. The molecule has 110 valence electrons. The lowest BCUT2D eigenvalue weighted by Crippen LogP contribution is -2.23. The molecule has 0 aliphatic carbocycles. The fourth-order valence-electron chi connectivity index (χ4n) is 1.86. The molecule has 0 saturated heterocycles. The van der Waals surface area contributed by atoms with Crippen LogP contribution in [0.2, 0.25) is 0 Å². The first kappa shape index (κ1) is 15.4. The molecule has 0 aliphatic rings. The predicted molar refractivity (Wildman–Crippen MR) is 84.2 cm³/mol. The Morgan fingerprint density at radius 1 is 1.30 bits per heavy atom. The molecule has 0 fully saturated rings. The van der Waals surface area contributed by atoms with Gasteiger partial charge in [0, 0.05) is 24.0 Å². The highest BCUT2D eigenvalue weighted by Gasteiger charge is 2.18. The molecule has 2 unspecified atom stereocenters. The number of pyridine rings is 1. The van der Waals surface area contributed by atoms with Crippen molar-refractivity contribution in [3.05, 3.63) is 30.1 Å². The maximum absolute atomic E-state index is 9.70. The second-order valence-electron chi connectivity index (χ2n) is 5.39. The first-order chi connectivity index (χ1) is 9.49. The first-order valence-electron chi connectivity index (χ1n) is 7.03. The molecule has 0 saturated carbocycles. The van der Waals surface area contributed by atoms with E-state index in [-0.39, 0.29) is 11.4 Å². The summed E-state index contributed by atoms with van der Waals surface area (Å²) in [6.07, 6.45) is 1.69. The van der Waals surface area contributed by atoms with E-state index in [0.717, 1.165) is 22.9 Å². The molecule has 0 bridgehead atoms. The van der Waals surface area contributed by atoms with E-state index in [1.807, 2.05) is 38.2 Å². The number of aliphatic hydroxyl groups excluding tert-OH is 1. The minimum Gasteiger partial charge on any atom is -0.392 e. The van der Waals surface area contributed by atoms with E-state index in [4.69, 9.17) is 0 Å². The Bertz CT molecular complexity index is 565. The standard InChI is InChI=1S/C15H23N3OS/c1-10(2)16-9-13-15(20-12(4)11(3)19)17-14-7-5-6-8-18(13)14/h5-8,10-12,16,19H,9H2,1-4H3. The van der Waals surface area contributed by atoms with E-state index in [0.29, 0.717) is 6.04 Å². The number of aliphatic hydroxyl groups is 1. The highest BCUT2D eigenvalue weighted by Crippen LogP contribution is 2.28. The Balaban J connectivity index is 2.33. The van der Waals surface area contributed by atoms with Crippen molar-refractivity contribution in [3.63, 3.8) is 0 Å². The number of thioether (sulfide) groups is 1. The monoisotopic (exact) mass is 293 g/mol. The molecular weight excluding hydrogens is 270 g/mol. The van der Waals surface area contributed by atoms with Gasteiger partial charge in [-0.2, -0.15) is 0 Å². The van der Waals surface area contributed by atoms with Crippen LogP contribution in [-0.4, -0.2) is 31.9 Å². The van der Waals surface area contributed by atoms with Gasteiger partial charge in [0.05, 0.1) is 11.8 Å². The Hall–Kier alpha value is -1.04. The quantitative estimate of drug-likeness (QED) is 0.804. The number of hydrogen-bond acceptors (Lipinski definition) is 4. The molecule has 2 rings (SSSR count). The largest absolute Gasteiger partial charge is 0.392 e. The van der Waals surface area contributed by atoms with E-state index in [1.165, 1.54) is 0 Å². The third-order valence-electron chi connectivity index (χ3n) is 3.25. The van der Waals surface area contributed by atoms with Crippen LogP contribution in [-0.2, 0) is 6.54 Å². The number of nitrogens with zero attached hydrogens (tertiary/aromatic N) is 2. The van der Waals surface area contributed by atoms with Gasteiger partial charge in [-0.1, -0.05) is 38.6 Å². The average Bonchev–Trinajstić information content (AvgIpc) is 2.73. The Labute approximate surface area is 124 Å². The predicted octanol–water partition coefficient (Wildman–Crippen LogP) is 2.69. The van der Waals surface area contributed by atoms with Gasteiger partial charge in [-0.15, -0.1) is 0 Å². The van der Waals surface area contributed by atoms with E-state index >= 15 is 0 Å². The molecular formula is C15H23N3OS. The molecule has 0 aliphatic heterocycles. The summed E-state index contributed by atoms with van der Waals surface area (Å²) in [6.45, 7) is 8.89. The van der Waals surface area contributed by atoms with Crippen molar-refractivity contribution in [2.45, 2.75) is 56.7 Å². The van der Waals surface area contributed by atoms with Crippen molar-refractivity contribution in [1.29, 1.82) is 0 Å². The number of rotatable bonds is 6. The zero-order valence-electron chi connectivity index (χ0n) is 12.5. The summed E-state index contributed by atoms with van der Waals surface area (Å²) in [4.78, 5) is 4.69. The van der Waals surface area contributed by atoms with Crippen LogP contribution in [0.5, 0.6) is 0 Å². The van der Waals surface area contributed by atoms with Crippen LogP contribution in [0.4, 0.5) is 0 Å². The number of aromatic nitrogens is 2. The van der Waals surface area contributed by atoms with Crippen LogP contribution >= 0.6 is 11.8 Å². The van der Waals surface area contributed by atoms with E-state index < -0.39 is 0 Å². The maximum Gasteiger partial charge on any atom is 0.138 e. The van der Waals surface area contributed by atoms with Crippen molar-refractivity contribution in [2.75, 3.05) is 0 Å². The van der Waals surface area contributed by atoms with Gasteiger partial charge in [-0.25, -0.2) is 4.98 Å². The number of nitrogens with one attached hydrogen (secondary N) is 1. The average molecular weight is 293 g/mol. The van der Waals surface area contributed by atoms with Crippen molar-refractivity contribution in [3.8, 4) is 0 Å². The zero-order chi connectivity index (χ0) is 14.7. The second kappa shape index (κ2) is 6.61. The fraction of sp³-hybridized carbons (Fsp3) is 0.533. The van der Waals surface area contributed by atoms with Crippen molar-refractivity contribution >= 4 is 17.4 Å². The summed E-state index contributed by atoms with van der Waals surface area (Å²) >= 11 is 1.63. The SMILES string of the molecule is CC(C)NCc1c(SC(C)C(C)O)nc2ccccn12. The maximum atomic E-state index is 9.70. The fourth-order valence-corrected chi connectivity index (χ4v) is 2.86. The van der Waals surface area contributed by atoms with Crippen LogP contribution in [0.15, 0.2) is 29.4 Å². The Kier molecular flexibility index (Phi) is 5.07. The van der Waals surface area contributed by atoms with Gasteiger partial charge in [-0.3, -0.25) is 0 Å². The molecule has 0 amide bonds. The zero-order valence-corrected chi connectivity index (χ0v) is 13.3. The van der Waals surface area contributed by atoms with E-state index in [1.54, 1.807) is 11.8 Å². The number of fused-ring (bicyclic) bond motifs is 1. The molecule has 20 heavy (non-hydrogen) atoms. The van der Waals surface area contributed by atoms with Gasteiger partial charge in [0.25, 0.3) is 0 Å². The molecule has 2 aromatic heterocycles. The highest BCUT2D eigenvalue weighted by atomic mass is 32.2. The lowest BCUT2D eigenvalue weighted by Gasteiger charge is -2.14. The topological polar surface area (TPSA) is 49.6 Å². The molecule has 5 heteroatoms. The summed E-state index contributed by atoms with van der Waals surface area (Å²) in [5.41, 5.74) is 2.11. The van der Waals surface area contributed by atoms with Gasteiger partial charge >= 0.3 is 0 Å². The van der Waals surface area contributed by atoms with Crippen LogP contribution in [0, 0.1) is 0 Å². The minimum absolute atomic E-state index is 0.123. The molecule has 2 aromatic rings. The minimum atomic E-state index is -0.351. The van der Waals surface area contributed by atoms with Gasteiger partial charge in [-0.05, 0) is 19.1 Å². The third kappa shape index (κ3) is 3.53. The summed E-state index contributed by atoms with van der Waals surface area (Å²) < 4.78 is 2.12. The van der Waals surface area contributed by atoms with Crippen LogP contribution in [0.3, 0.4) is 0 Å². The normalized spacial score (nSPS) is 14.9. The lowest BCUT2D eigenvalue weighted by atomic mass is 10.3. The molecule has 0 spiro atoms. The van der Waals surface area contributed by atoms with Gasteiger partial charge in [0.2, 0.25) is 0 Å². The lowest BCUT2D eigenvalue weighted by molar-refractivity contribution is 0.196. The number of hydrogen-bond donors (Lipinski definition) is 2. The second-order valence-corrected chi connectivity index (χ2v) is 6.76. The molecule has 2 atom stereocenters. The van der Waals surface area contributed by atoms with Crippen LogP contribution in [0.25, 0.3) is 5.65 Å². The van der Waals surface area contributed by atoms with Crippen molar-refractivity contribution < 1.29 is 5.11 Å². The molecule has 2 N–H and O–H groups in total. The highest BCUT2D eigenvalue weighted by molar-refractivity contribution is 7.99. The summed E-state index contributed by atoms with van der Waals surface area (Å²) in [7, 11) is 0. The molecule has 2 heterocycles. The van der Waals surface area contributed by atoms with Crippen LogP contribution in [0.1, 0.15) is 33.4 Å². The summed E-state index contributed by atoms with van der Waals surface area (Å²) in [6, 6.07) is 6.45. The molecule has 0 radical (unpaired) electrons. The van der Waals surface area contributed by atoms with Gasteiger partial charge in [0.15, 0.2) is 0 Å². The van der Waals surface area contributed by atoms with E-state index in [9.17, 15) is 5.11 Å². The van der Waals surface area contributed by atoms with Gasteiger partial charge < -0.3 is 14.8 Å². The Morgan fingerprint density at radius 2 is 2.05 bits per heavy atom. The van der Waals surface area contributed by atoms with Crippen LogP contribution < -0.4 is 5.32 Å². The number of imidazole rings is 1. The van der Waals surface area contributed by atoms with E-state index in [2.05, 4.69) is 28.5 Å². The van der Waals surface area contributed by atoms with Crippen molar-refractivity contribution in [1.82, 2.24) is 14.7 Å².